The van der Waals surface area contributed by atoms with Crippen LogP contribution in [0.3, 0.4) is 0 Å². The van der Waals surface area contributed by atoms with Gasteiger partial charge in [0.25, 0.3) is 0 Å². The van der Waals surface area contributed by atoms with Crippen molar-refractivity contribution in [2.45, 2.75) is 6.18 Å². The first-order chi connectivity index (χ1) is 5.82. The summed E-state index contributed by atoms with van der Waals surface area (Å²) in [5.74, 6) is -2.63. The number of phenols is 1. The molecule has 1 N–H and O–H groups in total. The first kappa shape index (κ1) is 10.3. The van der Waals surface area contributed by atoms with E-state index in [1.807, 2.05) is 0 Å². The van der Waals surface area contributed by atoms with Crippen molar-refractivity contribution >= 4 is 15.9 Å². The van der Waals surface area contributed by atoms with E-state index in [0.29, 0.717) is 6.07 Å². The maximum atomic E-state index is 12.7. The maximum absolute atomic E-state index is 12.7. The SMILES string of the molecule is Oc1cc(Br)cc(F)c1C(F)(F)F. The van der Waals surface area contributed by atoms with Crippen molar-refractivity contribution in [3.05, 3.63) is 28.0 Å². The second-order valence-electron chi connectivity index (χ2n) is 2.28. The third-order valence-electron chi connectivity index (χ3n) is 1.32. The van der Waals surface area contributed by atoms with Crippen LogP contribution in [0.2, 0.25) is 0 Å². The number of benzene rings is 1. The van der Waals surface area contributed by atoms with Crippen molar-refractivity contribution in [1.29, 1.82) is 0 Å². The minimum Gasteiger partial charge on any atom is -0.507 e. The van der Waals surface area contributed by atoms with Crippen LogP contribution >= 0.6 is 15.9 Å². The summed E-state index contributed by atoms with van der Waals surface area (Å²) in [6, 6.07) is 1.43. The molecule has 72 valence electrons. The van der Waals surface area contributed by atoms with Crippen LogP contribution in [0, 0.1) is 5.82 Å². The lowest BCUT2D eigenvalue weighted by Crippen LogP contribution is -2.08. The number of phenolic OH excluding ortho intramolecular Hbond substituents is 1. The standard InChI is InChI=1S/C7H3BrF4O/c8-3-1-4(9)6(5(13)2-3)7(10,11)12/h1-2,13H. The molecule has 13 heavy (non-hydrogen) atoms. The minimum atomic E-state index is -4.88. The molecule has 6 heteroatoms. The average Bonchev–Trinajstić information content (AvgIpc) is 1.78. The molecule has 0 heterocycles. The summed E-state index contributed by atoms with van der Waals surface area (Å²) in [7, 11) is 0. The van der Waals surface area contributed by atoms with Crippen molar-refractivity contribution in [3.63, 3.8) is 0 Å². The largest absolute Gasteiger partial charge is 0.507 e. The van der Waals surface area contributed by atoms with Crippen LogP contribution < -0.4 is 0 Å². The third-order valence-corrected chi connectivity index (χ3v) is 1.78. The molecule has 0 atom stereocenters. The van der Waals surface area contributed by atoms with Gasteiger partial charge in [0.1, 0.15) is 17.1 Å². The third kappa shape index (κ3) is 2.12. The molecule has 0 bridgehead atoms. The van der Waals surface area contributed by atoms with E-state index in [9.17, 15) is 17.6 Å². The summed E-state index contributed by atoms with van der Waals surface area (Å²) in [5, 5.41) is 8.82. The molecule has 1 rings (SSSR count). The normalized spacial score (nSPS) is 11.8. The molecule has 0 saturated carbocycles. The molecule has 0 amide bonds. The van der Waals surface area contributed by atoms with E-state index >= 15 is 0 Å². The van der Waals surface area contributed by atoms with Crippen molar-refractivity contribution in [2.75, 3.05) is 0 Å². The summed E-state index contributed by atoms with van der Waals surface area (Å²) in [6.07, 6.45) is -4.88. The number of alkyl halides is 3. The fraction of sp³-hybridized carbons (Fsp3) is 0.143. The van der Waals surface area contributed by atoms with Crippen LogP contribution in [-0.2, 0) is 6.18 Å². The highest BCUT2D eigenvalue weighted by atomic mass is 79.9. The molecule has 0 aliphatic rings. The zero-order valence-corrected chi connectivity index (χ0v) is 7.58. The first-order valence-corrected chi connectivity index (χ1v) is 3.87. The van der Waals surface area contributed by atoms with Crippen molar-refractivity contribution in [1.82, 2.24) is 0 Å². The number of halogens is 5. The molecule has 1 nitrogen and oxygen atoms in total. The fourth-order valence-electron chi connectivity index (χ4n) is 0.841. The van der Waals surface area contributed by atoms with Crippen LogP contribution in [-0.4, -0.2) is 5.11 Å². The van der Waals surface area contributed by atoms with Gasteiger partial charge in [-0.05, 0) is 12.1 Å². The zero-order chi connectivity index (χ0) is 10.2. The summed E-state index contributed by atoms with van der Waals surface area (Å²) < 4.78 is 48.8. The van der Waals surface area contributed by atoms with Gasteiger partial charge in [0.15, 0.2) is 0 Å². The van der Waals surface area contributed by atoms with E-state index in [0.717, 1.165) is 6.07 Å². The molecule has 0 saturated heterocycles. The average molecular weight is 259 g/mol. The van der Waals surface area contributed by atoms with E-state index < -0.39 is 23.3 Å². The first-order valence-electron chi connectivity index (χ1n) is 3.07. The van der Waals surface area contributed by atoms with Crippen molar-refractivity contribution in [2.24, 2.45) is 0 Å². The van der Waals surface area contributed by atoms with Gasteiger partial charge in [0.2, 0.25) is 0 Å². The Labute approximate surface area is 79.1 Å². The van der Waals surface area contributed by atoms with Gasteiger partial charge in [-0.3, -0.25) is 0 Å². The Hall–Kier alpha value is -0.780. The van der Waals surface area contributed by atoms with Gasteiger partial charge >= 0.3 is 6.18 Å². The lowest BCUT2D eigenvalue weighted by atomic mass is 10.2. The van der Waals surface area contributed by atoms with E-state index in [1.54, 1.807) is 0 Å². The van der Waals surface area contributed by atoms with E-state index in [-0.39, 0.29) is 4.47 Å². The highest BCUT2D eigenvalue weighted by Gasteiger charge is 2.37. The summed E-state index contributed by atoms with van der Waals surface area (Å²) in [6.45, 7) is 0. The molecule has 0 radical (unpaired) electrons. The van der Waals surface area contributed by atoms with Gasteiger partial charge in [-0.25, -0.2) is 4.39 Å². The van der Waals surface area contributed by atoms with Gasteiger partial charge in [0.05, 0.1) is 0 Å². The van der Waals surface area contributed by atoms with Crippen LogP contribution in [0.25, 0.3) is 0 Å². The van der Waals surface area contributed by atoms with Gasteiger partial charge in [-0.2, -0.15) is 13.2 Å². The van der Waals surface area contributed by atoms with Crippen LogP contribution in [0.1, 0.15) is 5.56 Å². The van der Waals surface area contributed by atoms with E-state index in [1.165, 1.54) is 0 Å². The molecule has 0 aliphatic heterocycles. The highest BCUT2D eigenvalue weighted by molar-refractivity contribution is 9.10. The molecule has 0 fully saturated rings. The number of rotatable bonds is 0. The Morgan fingerprint density at radius 2 is 1.77 bits per heavy atom. The zero-order valence-electron chi connectivity index (χ0n) is 5.99. The summed E-state index contributed by atoms with van der Waals surface area (Å²) in [5.41, 5.74) is -1.64. The molecule has 0 aliphatic carbocycles. The Balaban J connectivity index is 3.38. The smallest absolute Gasteiger partial charge is 0.422 e. The highest BCUT2D eigenvalue weighted by Crippen LogP contribution is 2.38. The Bertz CT molecular complexity index is 311. The summed E-state index contributed by atoms with van der Waals surface area (Å²) in [4.78, 5) is 0. The predicted molar refractivity (Wildman–Crippen MR) is 40.8 cm³/mol. The van der Waals surface area contributed by atoms with Crippen LogP contribution in [0.4, 0.5) is 17.6 Å². The predicted octanol–water partition coefficient (Wildman–Crippen LogP) is 3.31. The maximum Gasteiger partial charge on any atom is 0.422 e. The second kappa shape index (κ2) is 3.17. The molecule has 1 aromatic carbocycles. The summed E-state index contributed by atoms with van der Waals surface area (Å²) >= 11 is 2.75. The number of hydrogen-bond donors (Lipinski definition) is 1. The molecule has 0 spiro atoms. The lowest BCUT2D eigenvalue weighted by Gasteiger charge is -2.09. The number of hydrogen-bond acceptors (Lipinski definition) is 1. The van der Waals surface area contributed by atoms with Crippen LogP contribution in [0.15, 0.2) is 16.6 Å². The van der Waals surface area contributed by atoms with Gasteiger partial charge < -0.3 is 5.11 Å². The second-order valence-corrected chi connectivity index (χ2v) is 3.20. The fourth-order valence-corrected chi connectivity index (χ4v) is 1.26. The Morgan fingerprint density at radius 1 is 1.23 bits per heavy atom. The molecular weight excluding hydrogens is 256 g/mol. The molecule has 1 aromatic rings. The monoisotopic (exact) mass is 258 g/mol. The van der Waals surface area contributed by atoms with Crippen molar-refractivity contribution < 1.29 is 22.7 Å². The van der Waals surface area contributed by atoms with Gasteiger partial charge in [-0.1, -0.05) is 15.9 Å². The lowest BCUT2D eigenvalue weighted by molar-refractivity contribution is -0.141. The van der Waals surface area contributed by atoms with Crippen LogP contribution in [0.5, 0.6) is 5.75 Å². The Kier molecular flexibility index (Phi) is 2.51. The van der Waals surface area contributed by atoms with E-state index in [2.05, 4.69) is 15.9 Å². The Morgan fingerprint density at radius 3 is 2.15 bits per heavy atom. The quantitative estimate of drug-likeness (QED) is 0.708. The van der Waals surface area contributed by atoms with E-state index in [4.69, 9.17) is 5.11 Å². The topological polar surface area (TPSA) is 20.2 Å². The molecular formula is C7H3BrF4O. The number of aromatic hydroxyl groups is 1. The van der Waals surface area contributed by atoms with Gasteiger partial charge in [0, 0.05) is 4.47 Å². The molecule has 0 unspecified atom stereocenters. The minimum absolute atomic E-state index is 0.0514. The van der Waals surface area contributed by atoms with Gasteiger partial charge in [-0.15, -0.1) is 0 Å². The molecule has 0 aromatic heterocycles. The van der Waals surface area contributed by atoms with Crippen molar-refractivity contribution in [3.8, 4) is 5.75 Å².